The molecule has 1 heterocycles. The van der Waals surface area contributed by atoms with E-state index in [1.807, 2.05) is 24.3 Å². The summed E-state index contributed by atoms with van der Waals surface area (Å²) in [6, 6.07) is 3.89. The number of nitrogens with two attached hydrogens (primary N) is 1. The van der Waals surface area contributed by atoms with Crippen LogP contribution in [0.2, 0.25) is 0 Å². The predicted molar refractivity (Wildman–Crippen MR) is 48.3 cm³/mol. The highest BCUT2D eigenvalue weighted by molar-refractivity contribution is 7.12. The van der Waals surface area contributed by atoms with Crippen LogP contribution in [-0.2, 0) is 6.61 Å². The summed E-state index contributed by atoms with van der Waals surface area (Å²) in [4.78, 5) is 2.13. The summed E-state index contributed by atoms with van der Waals surface area (Å²) >= 11 is 1.58. The summed E-state index contributed by atoms with van der Waals surface area (Å²) in [6.45, 7) is 0.688. The normalized spacial score (nSPS) is 11.1. The molecule has 0 saturated heterocycles. The zero-order valence-electron chi connectivity index (χ0n) is 6.16. The molecule has 1 aromatic heterocycles. The molecule has 0 spiro atoms. The van der Waals surface area contributed by atoms with Crippen LogP contribution in [0.3, 0.4) is 0 Å². The summed E-state index contributed by atoms with van der Waals surface area (Å²) in [5.74, 6) is 0. The highest BCUT2D eigenvalue weighted by atomic mass is 32.1. The Labute approximate surface area is 70.0 Å². The molecule has 0 radical (unpaired) electrons. The van der Waals surface area contributed by atoms with Gasteiger partial charge in [0, 0.05) is 16.3 Å². The van der Waals surface area contributed by atoms with Gasteiger partial charge in [0.05, 0.1) is 6.61 Å². The molecule has 3 heteroatoms. The molecule has 0 amide bonds. The minimum Gasteiger partial charge on any atom is -0.391 e. The van der Waals surface area contributed by atoms with Crippen molar-refractivity contribution in [3.63, 3.8) is 0 Å². The molecule has 0 unspecified atom stereocenters. The quantitative estimate of drug-likeness (QED) is 0.714. The summed E-state index contributed by atoms with van der Waals surface area (Å²) in [6.07, 6.45) is 3.86. The number of hydrogen-bond donors (Lipinski definition) is 2. The Morgan fingerprint density at radius 3 is 2.91 bits per heavy atom. The lowest BCUT2D eigenvalue weighted by Crippen LogP contribution is -1.91. The molecule has 0 atom stereocenters. The minimum absolute atomic E-state index is 0.126. The Hall–Kier alpha value is -0.640. The molecule has 0 aliphatic rings. The lowest BCUT2D eigenvalue weighted by atomic mass is 10.4. The van der Waals surface area contributed by atoms with Crippen LogP contribution in [0.5, 0.6) is 0 Å². The van der Waals surface area contributed by atoms with Crippen LogP contribution in [-0.4, -0.2) is 11.7 Å². The van der Waals surface area contributed by atoms with E-state index in [-0.39, 0.29) is 6.61 Å². The van der Waals surface area contributed by atoms with Gasteiger partial charge >= 0.3 is 0 Å². The third-order valence-electron chi connectivity index (χ3n) is 1.26. The minimum atomic E-state index is 0.126. The van der Waals surface area contributed by atoms with Crippen molar-refractivity contribution in [1.82, 2.24) is 0 Å². The van der Waals surface area contributed by atoms with Crippen molar-refractivity contribution in [2.24, 2.45) is 5.73 Å². The summed E-state index contributed by atoms with van der Waals surface area (Å²) in [5, 5.41) is 8.74. The lowest BCUT2D eigenvalue weighted by molar-refractivity contribution is 0.285. The first-order valence-corrected chi connectivity index (χ1v) is 4.24. The molecule has 0 aromatic carbocycles. The standard InChI is InChI=1S/C8H11NOS/c9-5-1-2-7-3-4-8(6-10)11-7/h1-4,10H,5-6,9H2. The lowest BCUT2D eigenvalue weighted by Gasteiger charge is -1.83. The molecule has 0 bridgehead atoms. The van der Waals surface area contributed by atoms with Gasteiger partial charge in [-0.3, -0.25) is 0 Å². The maximum atomic E-state index is 8.74. The molecular weight excluding hydrogens is 158 g/mol. The zero-order chi connectivity index (χ0) is 8.10. The van der Waals surface area contributed by atoms with Crippen LogP contribution in [0.25, 0.3) is 6.08 Å². The topological polar surface area (TPSA) is 46.2 Å². The second kappa shape index (κ2) is 4.28. The van der Waals surface area contributed by atoms with E-state index in [1.165, 1.54) is 0 Å². The van der Waals surface area contributed by atoms with Gasteiger partial charge in [-0.15, -0.1) is 11.3 Å². The second-order valence-corrected chi connectivity index (χ2v) is 3.30. The van der Waals surface area contributed by atoms with E-state index in [9.17, 15) is 0 Å². The molecule has 0 aliphatic heterocycles. The average molecular weight is 169 g/mol. The van der Waals surface area contributed by atoms with Crippen LogP contribution >= 0.6 is 11.3 Å². The van der Waals surface area contributed by atoms with Crippen LogP contribution in [0.1, 0.15) is 9.75 Å². The SMILES string of the molecule is NCC=Cc1ccc(CO)s1. The Kier molecular flexibility index (Phi) is 3.29. The number of thiophene rings is 1. The first-order chi connectivity index (χ1) is 5.36. The largest absolute Gasteiger partial charge is 0.391 e. The predicted octanol–water partition coefficient (Wildman–Crippen LogP) is 1.21. The molecule has 0 aliphatic carbocycles. The highest BCUT2D eigenvalue weighted by Crippen LogP contribution is 2.17. The van der Waals surface area contributed by atoms with Crippen molar-refractivity contribution >= 4 is 17.4 Å². The highest BCUT2D eigenvalue weighted by Gasteiger charge is 1.93. The van der Waals surface area contributed by atoms with Crippen LogP contribution in [0.15, 0.2) is 18.2 Å². The molecule has 2 nitrogen and oxygen atoms in total. The van der Waals surface area contributed by atoms with Crippen molar-refractivity contribution < 1.29 is 5.11 Å². The van der Waals surface area contributed by atoms with Crippen LogP contribution in [0, 0.1) is 0 Å². The Morgan fingerprint density at radius 1 is 1.55 bits per heavy atom. The fourth-order valence-corrected chi connectivity index (χ4v) is 1.56. The van der Waals surface area contributed by atoms with E-state index in [4.69, 9.17) is 10.8 Å². The number of aliphatic hydroxyl groups excluding tert-OH is 1. The van der Waals surface area contributed by atoms with Gasteiger partial charge in [0.15, 0.2) is 0 Å². The van der Waals surface area contributed by atoms with Crippen molar-refractivity contribution in [1.29, 1.82) is 0 Å². The molecular formula is C8H11NOS. The smallest absolute Gasteiger partial charge is 0.0774 e. The van der Waals surface area contributed by atoms with Crippen molar-refractivity contribution in [3.05, 3.63) is 28.0 Å². The first-order valence-electron chi connectivity index (χ1n) is 3.43. The third-order valence-corrected chi connectivity index (χ3v) is 2.29. The molecule has 0 fully saturated rings. The summed E-state index contributed by atoms with van der Waals surface area (Å²) < 4.78 is 0. The summed E-state index contributed by atoms with van der Waals surface area (Å²) in [7, 11) is 0. The van der Waals surface area contributed by atoms with Crippen LogP contribution < -0.4 is 5.73 Å². The van der Waals surface area contributed by atoms with Crippen molar-refractivity contribution in [2.75, 3.05) is 6.54 Å². The van der Waals surface area contributed by atoms with Gasteiger partial charge in [0.1, 0.15) is 0 Å². The van der Waals surface area contributed by atoms with Gasteiger partial charge < -0.3 is 10.8 Å². The van der Waals surface area contributed by atoms with Gasteiger partial charge in [-0.2, -0.15) is 0 Å². The molecule has 1 rings (SSSR count). The van der Waals surface area contributed by atoms with Gasteiger partial charge in [0.25, 0.3) is 0 Å². The zero-order valence-corrected chi connectivity index (χ0v) is 6.97. The second-order valence-electron chi connectivity index (χ2n) is 2.10. The van der Waals surface area contributed by atoms with Gasteiger partial charge in [-0.05, 0) is 18.2 Å². The maximum Gasteiger partial charge on any atom is 0.0774 e. The van der Waals surface area contributed by atoms with Crippen LogP contribution in [0.4, 0.5) is 0 Å². The molecule has 0 saturated carbocycles. The monoisotopic (exact) mass is 169 g/mol. The van der Waals surface area contributed by atoms with E-state index in [0.29, 0.717) is 6.54 Å². The van der Waals surface area contributed by atoms with E-state index < -0.39 is 0 Å². The summed E-state index contributed by atoms with van der Waals surface area (Å²) in [5.41, 5.74) is 5.28. The van der Waals surface area contributed by atoms with E-state index in [2.05, 4.69) is 0 Å². The molecule has 60 valence electrons. The Balaban J connectivity index is 2.65. The van der Waals surface area contributed by atoms with Crippen molar-refractivity contribution in [3.8, 4) is 0 Å². The maximum absolute atomic E-state index is 8.74. The Bertz CT molecular complexity index is 242. The number of rotatable bonds is 3. The number of aliphatic hydroxyl groups is 1. The van der Waals surface area contributed by atoms with E-state index >= 15 is 0 Å². The van der Waals surface area contributed by atoms with E-state index in [0.717, 1.165) is 9.75 Å². The first kappa shape index (κ1) is 8.46. The molecule has 11 heavy (non-hydrogen) atoms. The van der Waals surface area contributed by atoms with Gasteiger partial charge in [-0.25, -0.2) is 0 Å². The third kappa shape index (κ3) is 2.46. The molecule has 1 aromatic rings. The number of hydrogen-bond acceptors (Lipinski definition) is 3. The van der Waals surface area contributed by atoms with Gasteiger partial charge in [0.2, 0.25) is 0 Å². The van der Waals surface area contributed by atoms with Gasteiger partial charge in [-0.1, -0.05) is 6.08 Å². The average Bonchev–Trinajstić information content (AvgIpc) is 2.48. The fraction of sp³-hybridized carbons (Fsp3) is 0.250. The van der Waals surface area contributed by atoms with Crippen molar-refractivity contribution in [2.45, 2.75) is 6.61 Å². The Morgan fingerprint density at radius 2 is 2.36 bits per heavy atom. The van der Waals surface area contributed by atoms with E-state index in [1.54, 1.807) is 11.3 Å². The molecule has 3 N–H and O–H groups in total. The fourth-order valence-electron chi connectivity index (χ4n) is 0.753.